The summed E-state index contributed by atoms with van der Waals surface area (Å²) in [5, 5.41) is 0. The van der Waals surface area contributed by atoms with Crippen molar-refractivity contribution in [3.05, 3.63) is 0 Å². The number of hydrogen-bond donors (Lipinski definition) is 1. The number of carbonyl (C=O) groups is 2. The van der Waals surface area contributed by atoms with Crippen LogP contribution in [-0.2, 0) is 9.59 Å². The van der Waals surface area contributed by atoms with Crippen molar-refractivity contribution in [2.45, 2.75) is 13.3 Å². The Labute approximate surface area is 59.8 Å². The third kappa shape index (κ3) is 9.22. The summed E-state index contributed by atoms with van der Waals surface area (Å²) in [6.45, 7) is 1.32. The zero-order chi connectivity index (χ0) is 5.86. The van der Waals surface area contributed by atoms with Gasteiger partial charge in [-0.2, -0.15) is 0 Å². The first kappa shape index (κ1) is 10.7. The van der Waals surface area contributed by atoms with Crippen LogP contribution in [0.1, 0.15) is 13.3 Å². The Morgan fingerprint density at radius 1 is 1.50 bits per heavy atom. The average Bonchev–Trinajstić information content (AvgIpc) is 1.27. The summed E-state index contributed by atoms with van der Waals surface area (Å²) in [6, 6.07) is 0. The van der Waals surface area contributed by atoms with Crippen molar-refractivity contribution in [3.8, 4) is 0 Å². The van der Waals surface area contributed by atoms with Gasteiger partial charge < -0.3 is 5.73 Å². The third-order valence-electron chi connectivity index (χ3n) is 0.423. The number of primary amides is 1. The Morgan fingerprint density at radius 3 is 1.88 bits per heavy atom. The first-order chi connectivity index (χ1) is 3.13. The van der Waals surface area contributed by atoms with E-state index in [1.807, 2.05) is 0 Å². The van der Waals surface area contributed by atoms with Gasteiger partial charge in [-0.1, -0.05) is 0 Å². The molecule has 0 fully saturated rings. The van der Waals surface area contributed by atoms with Crippen LogP contribution in [0.25, 0.3) is 0 Å². The van der Waals surface area contributed by atoms with E-state index in [1.165, 1.54) is 6.92 Å². The Hall–Kier alpha value is -0.263. The number of ketones is 1. The van der Waals surface area contributed by atoms with E-state index in [2.05, 4.69) is 5.73 Å². The molecule has 42 valence electrons. The number of Topliss-reactive ketones (excluding diaryl/α,β-unsaturated/α-hetero) is 1. The predicted molar refractivity (Wildman–Crippen MR) is 31.6 cm³/mol. The number of hydrogen-bond acceptors (Lipinski definition) is 2. The molecule has 0 atom stereocenters. The Morgan fingerprint density at radius 2 is 1.88 bits per heavy atom. The Bertz CT molecular complexity index is 90.2. The molecule has 1 amide bonds. The summed E-state index contributed by atoms with van der Waals surface area (Å²) >= 11 is 0. The molecule has 0 aliphatic rings. The summed E-state index contributed by atoms with van der Waals surface area (Å²) in [5.74, 6) is -0.750. The minimum atomic E-state index is -0.562. The van der Waals surface area contributed by atoms with E-state index in [1.54, 1.807) is 0 Å². The molecule has 0 saturated heterocycles. The molecule has 0 aliphatic carbocycles. The maximum atomic E-state index is 9.95. The van der Waals surface area contributed by atoms with Crippen molar-refractivity contribution in [1.29, 1.82) is 0 Å². The zero-order valence-electron chi connectivity index (χ0n) is 4.10. The maximum absolute atomic E-state index is 9.95. The fraction of sp³-hybridized carbons (Fsp3) is 0.500. The Balaban J connectivity index is 0. The molecule has 4 heteroatoms. The normalized spacial score (nSPS) is 7.12. The van der Waals surface area contributed by atoms with Gasteiger partial charge in [-0.15, -0.1) is 0 Å². The van der Waals surface area contributed by atoms with E-state index in [-0.39, 0.29) is 31.1 Å². The molecule has 0 saturated carbocycles. The molecule has 0 unspecified atom stereocenters. The molecule has 8 heavy (non-hydrogen) atoms. The SMILES string of the molecule is CC(=O)CC(N)=O.[LiH]. The zero-order valence-corrected chi connectivity index (χ0v) is 4.10. The van der Waals surface area contributed by atoms with Crippen LogP contribution in [0.2, 0.25) is 0 Å². The van der Waals surface area contributed by atoms with E-state index in [0.717, 1.165) is 0 Å². The standard InChI is InChI=1S/C4H7NO2.Li.H/c1-3(6)2-4(5)7;;/h2H2,1H3,(H2,5,7);;. The molecule has 0 aromatic heterocycles. The van der Waals surface area contributed by atoms with Crippen LogP contribution in [0.3, 0.4) is 0 Å². The van der Waals surface area contributed by atoms with E-state index in [9.17, 15) is 9.59 Å². The minimum absolute atomic E-state index is 0. The second-order valence-corrected chi connectivity index (χ2v) is 1.35. The van der Waals surface area contributed by atoms with Crippen LogP contribution in [0, 0.1) is 0 Å². The van der Waals surface area contributed by atoms with Gasteiger partial charge in [0.1, 0.15) is 5.78 Å². The molecule has 0 bridgehead atoms. The Kier molecular flexibility index (Phi) is 6.52. The molecule has 0 aromatic rings. The monoisotopic (exact) mass is 109 g/mol. The van der Waals surface area contributed by atoms with Gasteiger partial charge in [0.2, 0.25) is 5.91 Å². The van der Waals surface area contributed by atoms with Gasteiger partial charge in [0.05, 0.1) is 6.42 Å². The molecule has 0 rings (SSSR count). The van der Waals surface area contributed by atoms with Crippen molar-refractivity contribution in [2.24, 2.45) is 5.73 Å². The predicted octanol–water partition coefficient (Wildman–Crippen LogP) is -1.20. The number of amides is 1. The average molecular weight is 109 g/mol. The topological polar surface area (TPSA) is 60.2 Å². The molecular weight excluding hydrogens is 101 g/mol. The van der Waals surface area contributed by atoms with Crippen molar-refractivity contribution in [3.63, 3.8) is 0 Å². The van der Waals surface area contributed by atoms with Crippen molar-refractivity contribution in [2.75, 3.05) is 0 Å². The van der Waals surface area contributed by atoms with Gasteiger partial charge in [-0.25, -0.2) is 0 Å². The van der Waals surface area contributed by atoms with E-state index < -0.39 is 5.91 Å². The molecule has 0 radical (unpaired) electrons. The summed E-state index contributed by atoms with van der Waals surface area (Å²) in [5.41, 5.74) is 4.63. The van der Waals surface area contributed by atoms with Gasteiger partial charge in [-0.3, -0.25) is 9.59 Å². The fourth-order valence-electron chi connectivity index (χ4n) is 0.245. The fourth-order valence-corrected chi connectivity index (χ4v) is 0.245. The molecular formula is C4H8LiNO2. The van der Waals surface area contributed by atoms with Gasteiger partial charge >= 0.3 is 18.9 Å². The molecule has 3 nitrogen and oxygen atoms in total. The van der Waals surface area contributed by atoms with Crippen LogP contribution < -0.4 is 5.73 Å². The van der Waals surface area contributed by atoms with E-state index in [0.29, 0.717) is 0 Å². The van der Waals surface area contributed by atoms with Gasteiger partial charge in [0.15, 0.2) is 0 Å². The van der Waals surface area contributed by atoms with E-state index in [4.69, 9.17) is 0 Å². The number of rotatable bonds is 2. The summed E-state index contributed by atoms with van der Waals surface area (Å²) in [4.78, 5) is 19.8. The first-order valence-corrected chi connectivity index (χ1v) is 1.90. The van der Waals surface area contributed by atoms with Crippen LogP contribution in [0.4, 0.5) is 0 Å². The molecule has 0 heterocycles. The van der Waals surface area contributed by atoms with Crippen LogP contribution in [0.15, 0.2) is 0 Å². The second-order valence-electron chi connectivity index (χ2n) is 1.35. The molecule has 0 spiro atoms. The summed E-state index contributed by atoms with van der Waals surface area (Å²) < 4.78 is 0. The third-order valence-corrected chi connectivity index (χ3v) is 0.423. The van der Waals surface area contributed by atoms with Gasteiger partial charge in [0.25, 0.3) is 0 Å². The number of carbonyl (C=O) groups excluding carboxylic acids is 2. The van der Waals surface area contributed by atoms with Crippen molar-refractivity contribution < 1.29 is 9.59 Å². The first-order valence-electron chi connectivity index (χ1n) is 1.90. The van der Waals surface area contributed by atoms with Gasteiger partial charge in [-0.05, 0) is 6.92 Å². The van der Waals surface area contributed by atoms with Crippen LogP contribution in [-0.4, -0.2) is 30.6 Å². The molecule has 0 aromatic carbocycles. The van der Waals surface area contributed by atoms with E-state index >= 15 is 0 Å². The quantitative estimate of drug-likeness (QED) is 0.357. The summed E-state index contributed by atoms with van der Waals surface area (Å²) in [7, 11) is 0. The molecule has 0 aliphatic heterocycles. The van der Waals surface area contributed by atoms with Crippen LogP contribution in [0.5, 0.6) is 0 Å². The molecule has 2 N–H and O–H groups in total. The van der Waals surface area contributed by atoms with Gasteiger partial charge in [0, 0.05) is 0 Å². The second kappa shape index (κ2) is 4.89. The van der Waals surface area contributed by atoms with Crippen molar-refractivity contribution in [1.82, 2.24) is 0 Å². The number of nitrogens with two attached hydrogens (primary N) is 1. The summed E-state index contributed by atoms with van der Waals surface area (Å²) in [6.07, 6.45) is -0.139. The van der Waals surface area contributed by atoms with Crippen molar-refractivity contribution >= 4 is 30.6 Å². The van der Waals surface area contributed by atoms with Crippen LogP contribution >= 0.6 is 0 Å².